The van der Waals surface area contributed by atoms with E-state index in [0.717, 1.165) is 18.0 Å². The number of hydrogen-bond acceptors (Lipinski definition) is 3. The van der Waals surface area contributed by atoms with Crippen LogP contribution in [0.1, 0.15) is 22.7 Å². The molecule has 0 aliphatic carbocycles. The highest BCUT2D eigenvalue weighted by Gasteiger charge is 2.16. The van der Waals surface area contributed by atoms with E-state index in [4.69, 9.17) is 11.6 Å². The molecule has 0 radical (unpaired) electrons. The molecule has 0 aromatic carbocycles. The zero-order valence-electron chi connectivity index (χ0n) is 9.07. The average molecular weight is 272 g/mol. The second-order valence-electron chi connectivity index (χ2n) is 3.53. The Bertz CT molecular complexity index is 422. The van der Waals surface area contributed by atoms with Gasteiger partial charge >= 0.3 is 0 Å². The molecular formula is C12H14ClNS2. The molecule has 0 aliphatic rings. The van der Waals surface area contributed by atoms with Crippen molar-refractivity contribution in [3.8, 4) is 0 Å². The molecule has 0 bridgehead atoms. The van der Waals surface area contributed by atoms with Gasteiger partial charge in [-0.3, -0.25) is 0 Å². The van der Waals surface area contributed by atoms with Gasteiger partial charge in [-0.25, -0.2) is 0 Å². The van der Waals surface area contributed by atoms with Crippen LogP contribution in [-0.2, 0) is 6.42 Å². The monoisotopic (exact) mass is 271 g/mol. The number of rotatable bonds is 5. The fraction of sp³-hybridized carbons (Fsp3) is 0.333. The molecule has 2 aromatic rings. The second kappa shape index (κ2) is 5.82. The fourth-order valence-electron chi connectivity index (χ4n) is 1.69. The lowest BCUT2D eigenvalue weighted by Crippen LogP contribution is -2.21. The lowest BCUT2D eigenvalue weighted by molar-refractivity contribution is 0.562. The van der Waals surface area contributed by atoms with Crippen molar-refractivity contribution in [1.29, 1.82) is 0 Å². The van der Waals surface area contributed by atoms with Crippen molar-refractivity contribution in [2.24, 2.45) is 0 Å². The zero-order valence-corrected chi connectivity index (χ0v) is 11.5. The first kappa shape index (κ1) is 12.1. The molecular weight excluding hydrogens is 258 g/mol. The van der Waals surface area contributed by atoms with Crippen LogP contribution in [0.4, 0.5) is 0 Å². The molecule has 1 unspecified atom stereocenters. The summed E-state index contributed by atoms with van der Waals surface area (Å²) < 4.78 is 0. The Hall–Kier alpha value is -0.350. The lowest BCUT2D eigenvalue weighted by Gasteiger charge is -2.16. The van der Waals surface area contributed by atoms with Gasteiger partial charge in [0.1, 0.15) is 0 Å². The first-order valence-corrected chi connectivity index (χ1v) is 7.43. The number of halogens is 1. The van der Waals surface area contributed by atoms with Crippen LogP contribution in [0.15, 0.2) is 29.0 Å². The topological polar surface area (TPSA) is 12.0 Å². The third kappa shape index (κ3) is 2.86. The minimum atomic E-state index is 0.344. The molecule has 2 rings (SSSR count). The number of hydrogen-bond donors (Lipinski definition) is 1. The van der Waals surface area contributed by atoms with Gasteiger partial charge in [0.25, 0.3) is 0 Å². The van der Waals surface area contributed by atoms with Gasteiger partial charge in [-0.1, -0.05) is 24.6 Å². The van der Waals surface area contributed by atoms with Crippen molar-refractivity contribution >= 4 is 34.3 Å². The summed E-state index contributed by atoms with van der Waals surface area (Å²) in [5.74, 6) is 0. The van der Waals surface area contributed by atoms with Crippen LogP contribution in [0.2, 0.25) is 5.02 Å². The molecule has 0 fully saturated rings. The maximum absolute atomic E-state index is 6.18. The molecule has 16 heavy (non-hydrogen) atoms. The standard InChI is InChI=1S/C12H14ClNS2/c1-2-14-11(8-9-4-3-6-15-9)12-10(13)5-7-16-12/h3-7,11,14H,2,8H2,1H3. The minimum absolute atomic E-state index is 0.344. The van der Waals surface area contributed by atoms with Gasteiger partial charge in [0.05, 0.1) is 5.02 Å². The largest absolute Gasteiger partial charge is 0.309 e. The van der Waals surface area contributed by atoms with Crippen molar-refractivity contribution in [3.63, 3.8) is 0 Å². The summed E-state index contributed by atoms with van der Waals surface area (Å²) in [6, 6.07) is 6.59. The predicted octanol–water partition coefficient (Wildman–Crippen LogP) is 4.36. The van der Waals surface area contributed by atoms with E-state index < -0.39 is 0 Å². The third-order valence-electron chi connectivity index (χ3n) is 2.40. The number of thiophene rings is 2. The normalized spacial score (nSPS) is 12.9. The Labute approximate surface area is 109 Å². The van der Waals surface area contributed by atoms with E-state index >= 15 is 0 Å². The van der Waals surface area contributed by atoms with Gasteiger partial charge < -0.3 is 5.32 Å². The number of nitrogens with one attached hydrogen (secondary N) is 1. The zero-order chi connectivity index (χ0) is 11.4. The van der Waals surface area contributed by atoms with E-state index in [0.29, 0.717) is 6.04 Å². The smallest absolute Gasteiger partial charge is 0.0561 e. The summed E-state index contributed by atoms with van der Waals surface area (Å²) in [6.45, 7) is 3.09. The van der Waals surface area contributed by atoms with Crippen LogP contribution in [-0.4, -0.2) is 6.54 Å². The van der Waals surface area contributed by atoms with E-state index in [1.165, 1.54) is 9.75 Å². The van der Waals surface area contributed by atoms with Gasteiger partial charge in [-0.15, -0.1) is 22.7 Å². The Morgan fingerprint density at radius 1 is 1.31 bits per heavy atom. The van der Waals surface area contributed by atoms with Crippen LogP contribution in [0.5, 0.6) is 0 Å². The summed E-state index contributed by atoms with van der Waals surface area (Å²) in [5, 5.41) is 8.55. The molecule has 1 atom stereocenters. The molecule has 2 aromatic heterocycles. The molecule has 1 nitrogen and oxygen atoms in total. The van der Waals surface area contributed by atoms with Gasteiger partial charge in [0.15, 0.2) is 0 Å². The summed E-state index contributed by atoms with van der Waals surface area (Å²) in [5.41, 5.74) is 0. The Kier molecular flexibility index (Phi) is 4.41. The highest BCUT2D eigenvalue weighted by molar-refractivity contribution is 7.11. The van der Waals surface area contributed by atoms with E-state index in [1.807, 2.05) is 6.07 Å². The van der Waals surface area contributed by atoms with E-state index in [1.54, 1.807) is 22.7 Å². The fourth-order valence-corrected chi connectivity index (χ4v) is 3.71. The molecule has 1 N–H and O–H groups in total. The molecule has 0 aliphatic heterocycles. The van der Waals surface area contributed by atoms with Crippen molar-refractivity contribution in [3.05, 3.63) is 43.7 Å². The SMILES string of the molecule is CCNC(Cc1cccs1)c1sccc1Cl. The lowest BCUT2D eigenvalue weighted by atomic mass is 10.1. The maximum Gasteiger partial charge on any atom is 0.0561 e. The minimum Gasteiger partial charge on any atom is -0.309 e. The van der Waals surface area contributed by atoms with Crippen LogP contribution < -0.4 is 5.32 Å². The molecule has 2 heterocycles. The van der Waals surface area contributed by atoms with Crippen molar-refractivity contribution in [2.45, 2.75) is 19.4 Å². The maximum atomic E-state index is 6.18. The molecule has 4 heteroatoms. The molecule has 0 amide bonds. The van der Waals surface area contributed by atoms with Gasteiger partial charge in [-0.2, -0.15) is 0 Å². The third-order valence-corrected chi connectivity index (χ3v) is 4.77. The summed E-state index contributed by atoms with van der Waals surface area (Å²) in [6.07, 6.45) is 1.02. The van der Waals surface area contributed by atoms with Crippen molar-refractivity contribution < 1.29 is 0 Å². The molecule has 0 saturated carbocycles. The first-order chi connectivity index (χ1) is 7.81. The molecule has 0 spiro atoms. The highest BCUT2D eigenvalue weighted by Crippen LogP contribution is 2.31. The second-order valence-corrected chi connectivity index (χ2v) is 5.91. The van der Waals surface area contributed by atoms with Crippen LogP contribution >= 0.6 is 34.3 Å². The average Bonchev–Trinajstić information content (AvgIpc) is 2.88. The molecule has 86 valence electrons. The van der Waals surface area contributed by atoms with Gasteiger partial charge in [-0.05, 0) is 29.4 Å². The summed E-state index contributed by atoms with van der Waals surface area (Å²) in [4.78, 5) is 2.65. The molecule has 0 saturated heterocycles. The van der Waals surface area contributed by atoms with Gasteiger partial charge in [0, 0.05) is 22.2 Å². The van der Waals surface area contributed by atoms with E-state index in [2.05, 4.69) is 35.1 Å². The summed E-state index contributed by atoms with van der Waals surface area (Å²) in [7, 11) is 0. The van der Waals surface area contributed by atoms with Crippen LogP contribution in [0.3, 0.4) is 0 Å². The quantitative estimate of drug-likeness (QED) is 0.852. The van der Waals surface area contributed by atoms with Gasteiger partial charge in [0.2, 0.25) is 0 Å². The Morgan fingerprint density at radius 3 is 2.75 bits per heavy atom. The Balaban J connectivity index is 2.14. The Morgan fingerprint density at radius 2 is 2.19 bits per heavy atom. The van der Waals surface area contributed by atoms with Crippen LogP contribution in [0.25, 0.3) is 0 Å². The van der Waals surface area contributed by atoms with Crippen molar-refractivity contribution in [1.82, 2.24) is 5.32 Å². The number of likely N-dealkylation sites (N-methyl/N-ethyl adjacent to an activating group) is 1. The van der Waals surface area contributed by atoms with E-state index in [9.17, 15) is 0 Å². The van der Waals surface area contributed by atoms with Crippen molar-refractivity contribution in [2.75, 3.05) is 6.54 Å². The van der Waals surface area contributed by atoms with Crippen LogP contribution in [0, 0.1) is 0 Å². The summed E-state index contributed by atoms with van der Waals surface area (Å²) >= 11 is 9.72. The first-order valence-electron chi connectivity index (χ1n) is 5.30. The van der Waals surface area contributed by atoms with E-state index in [-0.39, 0.29) is 0 Å². The predicted molar refractivity (Wildman–Crippen MR) is 73.8 cm³/mol. The highest BCUT2D eigenvalue weighted by atomic mass is 35.5.